The van der Waals surface area contributed by atoms with E-state index in [0.29, 0.717) is 18.8 Å². The number of fused-ring (bicyclic) bond motifs is 1. The Kier molecular flexibility index (Phi) is 4.32. The lowest BCUT2D eigenvalue weighted by molar-refractivity contribution is 0.243. The summed E-state index contributed by atoms with van der Waals surface area (Å²) in [6.07, 6.45) is 2.63. The molecule has 8 heteroatoms. The summed E-state index contributed by atoms with van der Waals surface area (Å²) >= 11 is 0. The molecule has 7 nitrogen and oxygen atoms in total. The van der Waals surface area contributed by atoms with Crippen LogP contribution in [0.25, 0.3) is 22.3 Å². The number of nitrogens with one attached hydrogen (secondary N) is 1. The van der Waals surface area contributed by atoms with Gasteiger partial charge >= 0.3 is 0 Å². The third-order valence-electron chi connectivity index (χ3n) is 5.10. The SMILES string of the molecule is CCn1nc(-c2c[nH]c3ccccc23)nc1CN(C)[C@H]1CCS(=O)(=O)C1. The Morgan fingerprint density at radius 2 is 2.15 bits per heavy atom. The van der Waals surface area contributed by atoms with Gasteiger partial charge in [-0.2, -0.15) is 5.10 Å². The number of H-pyrrole nitrogens is 1. The number of sulfone groups is 1. The molecule has 0 spiro atoms. The van der Waals surface area contributed by atoms with E-state index < -0.39 is 9.84 Å². The van der Waals surface area contributed by atoms with Gasteiger partial charge in [-0.15, -0.1) is 0 Å². The van der Waals surface area contributed by atoms with Gasteiger partial charge in [-0.25, -0.2) is 18.1 Å². The summed E-state index contributed by atoms with van der Waals surface area (Å²) in [6.45, 7) is 3.35. The molecular formula is C18H23N5O2S. The lowest BCUT2D eigenvalue weighted by atomic mass is 10.2. The second kappa shape index (κ2) is 6.51. The summed E-state index contributed by atoms with van der Waals surface area (Å²) in [6, 6.07) is 8.15. The van der Waals surface area contributed by atoms with E-state index in [1.807, 2.05) is 43.0 Å². The predicted molar refractivity (Wildman–Crippen MR) is 102 cm³/mol. The number of aryl methyl sites for hydroxylation is 1. The van der Waals surface area contributed by atoms with Crippen molar-refractivity contribution in [2.75, 3.05) is 18.6 Å². The maximum absolute atomic E-state index is 11.7. The Morgan fingerprint density at radius 1 is 1.35 bits per heavy atom. The van der Waals surface area contributed by atoms with Crippen molar-refractivity contribution in [1.82, 2.24) is 24.6 Å². The molecule has 1 fully saturated rings. The Morgan fingerprint density at radius 3 is 2.88 bits per heavy atom. The van der Waals surface area contributed by atoms with Crippen LogP contribution in [0.1, 0.15) is 19.2 Å². The van der Waals surface area contributed by atoms with Crippen molar-refractivity contribution >= 4 is 20.7 Å². The smallest absolute Gasteiger partial charge is 0.183 e. The quantitative estimate of drug-likeness (QED) is 0.740. The first kappa shape index (κ1) is 17.2. The van der Waals surface area contributed by atoms with E-state index in [-0.39, 0.29) is 17.5 Å². The van der Waals surface area contributed by atoms with E-state index in [1.165, 1.54) is 0 Å². The van der Waals surface area contributed by atoms with Gasteiger partial charge in [0.1, 0.15) is 5.82 Å². The number of nitrogens with zero attached hydrogens (tertiary/aromatic N) is 4. The molecule has 4 rings (SSSR count). The second-order valence-corrected chi connectivity index (χ2v) is 9.12. The summed E-state index contributed by atoms with van der Waals surface area (Å²) in [4.78, 5) is 10.1. The topological polar surface area (TPSA) is 83.9 Å². The molecule has 0 saturated carbocycles. The fraction of sp³-hybridized carbons (Fsp3) is 0.444. The van der Waals surface area contributed by atoms with Crippen LogP contribution in [0.5, 0.6) is 0 Å². The lowest BCUT2D eigenvalue weighted by Gasteiger charge is -2.22. The van der Waals surface area contributed by atoms with Gasteiger partial charge in [0.05, 0.1) is 18.1 Å². The number of rotatable bonds is 5. The average Bonchev–Trinajstić information content (AvgIpc) is 3.30. The summed E-state index contributed by atoms with van der Waals surface area (Å²) in [5.41, 5.74) is 2.05. The van der Waals surface area contributed by atoms with Crippen LogP contribution in [0, 0.1) is 0 Å². The maximum Gasteiger partial charge on any atom is 0.183 e. The zero-order valence-electron chi connectivity index (χ0n) is 15.0. The summed E-state index contributed by atoms with van der Waals surface area (Å²) < 4.78 is 25.4. The molecule has 0 amide bonds. The number of aromatic nitrogens is 4. The fourth-order valence-corrected chi connectivity index (χ4v) is 5.40. The average molecular weight is 373 g/mol. The minimum atomic E-state index is -2.89. The van der Waals surface area contributed by atoms with Crippen LogP contribution >= 0.6 is 0 Å². The Balaban J connectivity index is 1.62. The molecule has 0 radical (unpaired) electrons. The van der Waals surface area contributed by atoms with E-state index in [4.69, 9.17) is 4.98 Å². The molecule has 1 aliphatic rings. The van der Waals surface area contributed by atoms with Gasteiger partial charge in [0.15, 0.2) is 15.7 Å². The summed E-state index contributed by atoms with van der Waals surface area (Å²) in [5.74, 6) is 2.08. The molecular weight excluding hydrogens is 350 g/mol. The van der Waals surface area contributed by atoms with Crippen molar-refractivity contribution in [3.8, 4) is 11.4 Å². The number of hydrogen-bond donors (Lipinski definition) is 1. The van der Waals surface area contributed by atoms with E-state index in [2.05, 4.69) is 21.0 Å². The second-order valence-electron chi connectivity index (χ2n) is 6.89. The van der Waals surface area contributed by atoms with Gasteiger partial charge < -0.3 is 4.98 Å². The van der Waals surface area contributed by atoms with Crippen molar-refractivity contribution in [3.05, 3.63) is 36.3 Å². The number of hydrogen-bond acceptors (Lipinski definition) is 5. The molecule has 1 N–H and O–H groups in total. The highest BCUT2D eigenvalue weighted by molar-refractivity contribution is 7.91. The van der Waals surface area contributed by atoms with Crippen LogP contribution < -0.4 is 0 Å². The van der Waals surface area contributed by atoms with Gasteiger partial charge in [0.2, 0.25) is 0 Å². The molecule has 1 saturated heterocycles. The molecule has 1 atom stereocenters. The number of para-hydroxylation sites is 1. The zero-order valence-corrected chi connectivity index (χ0v) is 15.8. The summed E-state index contributed by atoms with van der Waals surface area (Å²) in [7, 11) is -0.928. The molecule has 3 aromatic rings. The molecule has 0 aliphatic carbocycles. The van der Waals surface area contributed by atoms with Crippen molar-refractivity contribution < 1.29 is 8.42 Å². The van der Waals surface area contributed by atoms with Gasteiger partial charge in [-0.05, 0) is 26.5 Å². The fourth-order valence-electron chi connectivity index (χ4n) is 3.59. The molecule has 0 unspecified atom stereocenters. The van der Waals surface area contributed by atoms with Gasteiger partial charge in [0, 0.05) is 35.2 Å². The zero-order chi connectivity index (χ0) is 18.3. The van der Waals surface area contributed by atoms with Gasteiger partial charge in [-0.3, -0.25) is 4.90 Å². The van der Waals surface area contributed by atoms with Crippen LogP contribution in [0.2, 0.25) is 0 Å². The first-order valence-electron chi connectivity index (χ1n) is 8.87. The highest BCUT2D eigenvalue weighted by Crippen LogP contribution is 2.27. The van der Waals surface area contributed by atoms with E-state index in [1.54, 1.807) is 0 Å². The third kappa shape index (κ3) is 3.14. The van der Waals surface area contributed by atoms with Crippen LogP contribution in [0.15, 0.2) is 30.5 Å². The Hall–Kier alpha value is -2.19. The van der Waals surface area contributed by atoms with Gasteiger partial charge in [0.25, 0.3) is 0 Å². The van der Waals surface area contributed by atoms with E-state index in [0.717, 1.165) is 28.8 Å². The standard InChI is InChI=1S/C18H23N5O2S/c1-3-23-17(11-22(2)13-8-9-26(24,25)12-13)20-18(21-23)15-10-19-16-7-5-4-6-14(15)16/h4-7,10,13,19H,3,8-9,11-12H2,1-2H3/t13-/m0/s1. The van der Waals surface area contributed by atoms with Crippen LogP contribution in [-0.4, -0.2) is 57.7 Å². The van der Waals surface area contributed by atoms with Crippen molar-refractivity contribution in [2.24, 2.45) is 0 Å². The molecule has 1 aliphatic heterocycles. The Bertz CT molecular complexity index is 1040. The largest absolute Gasteiger partial charge is 0.360 e. The number of aromatic amines is 1. The van der Waals surface area contributed by atoms with Crippen LogP contribution in [0.4, 0.5) is 0 Å². The first-order chi connectivity index (χ1) is 12.5. The van der Waals surface area contributed by atoms with Crippen LogP contribution in [-0.2, 0) is 22.9 Å². The van der Waals surface area contributed by atoms with Crippen molar-refractivity contribution in [2.45, 2.75) is 32.5 Å². The normalized spacial score (nSPS) is 19.6. The molecule has 26 heavy (non-hydrogen) atoms. The summed E-state index contributed by atoms with van der Waals surface area (Å²) in [5, 5.41) is 5.77. The Labute approximate surface area is 153 Å². The van der Waals surface area contributed by atoms with Gasteiger partial charge in [-0.1, -0.05) is 18.2 Å². The van der Waals surface area contributed by atoms with Crippen molar-refractivity contribution in [3.63, 3.8) is 0 Å². The first-order valence-corrected chi connectivity index (χ1v) is 10.7. The van der Waals surface area contributed by atoms with Crippen LogP contribution in [0.3, 0.4) is 0 Å². The number of benzene rings is 1. The molecule has 0 bridgehead atoms. The van der Waals surface area contributed by atoms with Crippen molar-refractivity contribution in [1.29, 1.82) is 0 Å². The van der Waals surface area contributed by atoms with E-state index in [9.17, 15) is 8.42 Å². The highest BCUT2D eigenvalue weighted by atomic mass is 32.2. The molecule has 1 aromatic carbocycles. The predicted octanol–water partition coefficient (Wildman–Crippen LogP) is 2.07. The highest BCUT2D eigenvalue weighted by Gasteiger charge is 2.31. The molecule has 138 valence electrons. The minimum absolute atomic E-state index is 0.0542. The molecule has 2 aromatic heterocycles. The lowest BCUT2D eigenvalue weighted by Crippen LogP contribution is -2.33. The van der Waals surface area contributed by atoms with E-state index >= 15 is 0 Å². The molecule has 3 heterocycles. The third-order valence-corrected chi connectivity index (χ3v) is 6.85. The minimum Gasteiger partial charge on any atom is -0.360 e. The maximum atomic E-state index is 11.7. The monoisotopic (exact) mass is 373 g/mol.